The van der Waals surface area contributed by atoms with Gasteiger partial charge in [-0.3, -0.25) is 0 Å². The van der Waals surface area contributed by atoms with Crippen molar-refractivity contribution in [2.24, 2.45) is 17.8 Å². The van der Waals surface area contributed by atoms with Crippen molar-refractivity contribution in [2.45, 2.75) is 51.7 Å². The monoisotopic (exact) mass is 424 g/mol. The average Bonchev–Trinajstić information content (AvgIpc) is 2.80. The Hall–Kier alpha value is -1.61. The molecule has 1 aliphatic heterocycles. The minimum Gasteiger partial charge on any atom is -0.352 e. The van der Waals surface area contributed by atoms with Gasteiger partial charge in [0.25, 0.3) is 0 Å². The highest BCUT2D eigenvalue weighted by Crippen LogP contribution is 2.36. The molecule has 2 aromatic carbocycles. The Bertz CT molecular complexity index is 796. The summed E-state index contributed by atoms with van der Waals surface area (Å²) < 4.78 is 12.0. The Morgan fingerprint density at radius 3 is 2.07 bits per heavy atom. The van der Waals surface area contributed by atoms with Crippen LogP contribution >= 0.6 is 11.6 Å². The summed E-state index contributed by atoms with van der Waals surface area (Å²) in [7, 11) is 0. The quantitative estimate of drug-likeness (QED) is 0.452. The molecule has 1 saturated heterocycles. The van der Waals surface area contributed by atoms with Crippen LogP contribution in [0.2, 0.25) is 5.02 Å². The molecule has 1 saturated carbocycles. The van der Waals surface area contributed by atoms with Crippen LogP contribution in [0.25, 0.3) is 11.1 Å². The normalized spacial score (nSPS) is 27.4. The van der Waals surface area contributed by atoms with Crippen molar-refractivity contribution in [1.82, 2.24) is 0 Å². The first-order chi connectivity index (χ1) is 14.7. The van der Waals surface area contributed by atoms with Crippen LogP contribution in [0.4, 0.5) is 0 Å². The molecule has 3 heteroatoms. The van der Waals surface area contributed by atoms with Gasteiger partial charge in [0.05, 0.1) is 13.2 Å². The summed E-state index contributed by atoms with van der Waals surface area (Å²) in [6.07, 6.45) is 11.8. The van der Waals surface area contributed by atoms with Crippen molar-refractivity contribution in [2.75, 3.05) is 13.2 Å². The van der Waals surface area contributed by atoms with Gasteiger partial charge in [0.1, 0.15) is 0 Å². The highest BCUT2D eigenvalue weighted by molar-refractivity contribution is 6.30. The number of ether oxygens (including phenoxy) is 2. The zero-order valence-electron chi connectivity index (χ0n) is 17.9. The van der Waals surface area contributed by atoms with Gasteiger partial charge in [-0.2, -0.15) is 0 Å². The van der Waals surface area contributed by atoms with Crippen LogP contribution in [0.5, 0.6) is 0 Å². The van der Waals surface area contributed by atoms with E-state index in [2.05, 4.69) is 55.5 Å². The predicted molar refractivity (Wildman–Crippen MR) is 125 cm³/mol. The lowest BCUT2D eigenvalue weighted by Crippen LogP contribution is -2.38. The van der Waals surface area contributed by atoms with Gasteiger partial charge >= 0.3 is 0 Å². The summed E-state index contributed by atoms with van der Waals surface area (Å²) >= 11 is 5.99. The number of aryl methyl sites for hydroxylation is 1. The van der Waals surface area contributed by atoms with Crippen LogP contribution < -0.4 is 0 Å². The fourth-order valence-electron chi connectivity index (χ4n) is 4.81. The van der Waals surface area contributed by atoms with Crippen LogP contribution in [0.1, 0.15) is 44.6 Å². The number of rotatable bonds is 6. The first-order valence-corrected chi connectivity index (χ1v) is 11.8. The third kappa shape index (κ3) is 5.75. The van der Waals surface area contributed by atoms with E-state index in [9.17, 15) is 0 Å². The lowest BCUT2D eigenvalue weighted by atomic mass is 9.79. The number of halogens is 1. The summed E-state index contributed by atoms with van der Waals surface area (Å²) in [5.41, 5.74) is 3.90. The van der Waals surface area contributed by atoms with E-state index in [1.165, 1.54) is 48.8 Å². The van der Waals surface area contributed by atoms with Gasteiger partial charge in [-0.1, -0.05) is 60.2 Å². The first-order valence-electron chi connectivity index (χ1n) is 11.4. The molecular weight excluding hydrogens is 392 g/mol. The molecule has 0 spiro atoms. The molecule has 0 unspecified atom stereocenters. The lowest BCUT2D eigenvalue weighted by molar-refractivity contribution is -0.223. The van der Waals surface area contributed by atoms with Crippen LogP contribution in [-0.4, -0.2) is 19.5 Å². The van der Waals surface area contributed by atoms with E-state index in [1.807, 2.05) is 12.1 Å². The Balaban J connectivity index is 1.20. The molecule has 1 heterocycles. The van der Waals surface area contributed by atoms with Crippen molar-refractivity contribution >= 4 is 11.6 Å². The molecule has 2 nitrogen and oxygen atoms in total. The summed E-state index contributed by atoms with van der Waals surface area (Å²) in [6, 6.07) is 17.1. The molecule has 1 aliphatic carbocycles. The van der Waals surface area contributed by atoms with Crippen LogP contribution in [-0.2, 0) is 15.9 Å². The molecule has 0 bridgehead atoms. The molecule has 0 atom stereocenters. The summed E-state index contributed by atoms with van der Waals surface area (Å²) in [4.78, 5) is 0. The van der Waals surface area contributed by atoms with Crippen molar-refractivity contribution in [1.29, 1.82) is 0 Å². The molecule has 4 rings (SSSR count). The van der Waals surface area contributed by atoms with Gasteiger partial charge in [0.15, 0.2) is 6.29 Å². The Morgan fingerprint density at radius 2 is 1.47 bits per heavy atom. The van der Waals surface area contributed by atoms with Crippen LogP contribution in [0.3, 0.4) is 0 Å². The molecule has 2 aliphatic rings. The zero-order chi connectivity index (χ0) is 20.8. The lowest BCUT2D eigenvalue weighted by Gasteiger charge is -2.37. The molecular formula is C27H33ClO2. The molecule has 0 N–H and O–H groups in total. The Labute approximate surface area is 186 Å². The fourth-order valence-corrected chi connectivity index (χ4v) is 4.94. The molecule has 0 amide bonds. The highest BCUT2D eigenvalue weighted by Gasteiger charge is 2.31. The van der Waals surface area contributed by atoms with Gasteiger partial charge in [0.2, 0.25) is 0 Å². The van der Waals surface area contributed by atoms with E-state index >= 15 is 0 Å². The van der Waals surface area contributed by atoms with Gasteiger partial charge < -0.3 is 9.47 Å². The number of benzene rings is 2. The van der Waals surface area contributed by atoms with E-state index in [4.69, 9.17) is 21.1 Å². The Kier molecular flexibility index (Phi) is 7.65. The maximum absolute atomic E-state index is 6.02. The van der Waals surface area contributed by atoms with Crippen LogP contribution in [0, 0.1) is 17.8 Å². The average molecular weight is 425 g/mol. The number of hydrogen-bond donors (Lipinski definition) is 0. The molecule has 160 valence electrons. The van der Waals surface area contributed by atoms with E-state index in [-0.39, 0.29) is 6.29 Å². The topological polar surface area (TPSA) is 18.5 Å². The number of hydrogen-bond acceptors (Lipinski definition) is 2. The van der Waals surface area contributed by atoms with Gasteiger partial charge in [0, 0.05) is 16.9 Å². The molecule has 30 heavy (non-hydrogen) atoms. The predicted octanol–water partition coefficient (Wildman–Crippen LogP) is 7.31. The van der Waals surface area contributed by atoms with Crippen molar-refractivity contribution < 1.29 is 9.47 Å². The zero-order valence-corrected chi connectivity index (χ0v) is 18.7. The minimum atomic E-state index is 0.0212. The Morgan fingerprint density at radius 1 is 0.867 bits per heavy atom. The second kappa shape index (κ2) is 10.6. The largest absolute Gasteiger partial charge is 0.352 e. The van der Waals surface area contributed by atoms with E-state index in [0.29, 0.717) is 11.8 Å². The van der Waals surface area contributed by atoms with Gasteiger partial charge in [-0.25, -0.2) is 0 Å². The standard InChI is InChI=1S/C27H33ClO2/c1-2-3-22-18-29-27(30-19-22)25-12-8-21(9-13-25)5-4-20-6-10-23(11-7-20)24-14-16-26(28)17-15-24/h2-3,6-7,10-11,14-17,21-22,25,27H,4-5,8-9,12-13,18-19H2,1H3. The third-order valence-corrected chi connectivity index (χ3v) is 6.91. The van der Waals surface area contributed by atoms with Gasteiger partial charge in [-0.05, 0) is 80.2 Å². The second-order valence-electron chi connectivity index (χ2n) is 8.84. The van der Waals surface area contributed by atoms with Crippen molar-refractivity contribution in [3.63, 3.8) is 0 Å². The smallest absolute Gasteiger partial charge is 0.160 e. The van der Waals surface area contributed by atoms with E-state index in [0.717, 1.165) is 30.6 Å². The molecule has 2 aromatic rings. The third-order valence-electron chi connectivity index (χ3n) is 6.66. The van der Waals surface area contributed by atoms with E-state index in [1.54, 1.807) is 0 Å². The summed E-state index contributed by atoms with van der Waals surface area (Å²) in [6.45, 7) is 3.67. The molecule has 2 fully saturated rings. The van der Waals surface area contributed by atoms with Crippen LogP contribution in [0.15, 0.2) is 60.7 Å². The number of allylic oxidation sites excluding steroid dienone is 1. The second-order valence-corrected chi connectivity index (χ2v) is 9.28. The van der Waals surface area contributed by atoms with Crippen molar-refractivity contribution in [3.8, 4) is 11.1 Å². The fraction of sp³-hybridized carbons (Fsp3) is 0.481. The van der Waals surface area contributed by atoms with Gasteiger partial charge in [-0.15, -0.1) is 0 Å². The maximum Gasteiger partial charge on any atom is 0.160 e. The summed E-state index contributed by atoms with van der Waals surface area (Å²) in [5.74, 6) is 1.83. The molecule has 0 radical (unpaired) electrons. The van der Waals surface area contributed by atoms with Crippen molar-refractivity contribution in [3.05, 3.63) is 71.3 Å². The maximum atomic E-state index is 6.02. The first kappa shape index (κ1) is 21.6. The highest BCUT2D eigenvalue weighted by atomic mass is 35.5. The SMILES string of the molecule is CC=CC1COC(C2CCC(CCc3ccc(-c4ccc(Cl)cc4)cc3)CC2)OC1. The van der Waals surface area contributed by atoms with E-state index < -0.39 is 0 Å². The molecule has 0 aromatic heterocycles. The minimum absolute atomic E-state index is 0.0212. The summed E-state index contributed by atoms with van der Waals surface area (Å²) in [5, 5.41) is 0.782.